The second-order valence-electron chi connectivity index (χ2n) is 4.42. The Morgan fingerprint density at radius 1 is 1.32 bits per heavy atom. The van der Waals surface area contributed by atoms with Crippen molar-refractivity contribution in [3.8, 4) is 0 Å². The molecular formula is C14H20N2O3. The number of Topliss-reactive ketones (excluding diaryl/α,β-unsaturated/α-hetero) is 1. The van der Waals surface area contributed by atoms with Crippen molar-refractivity contribution in [3.63, 3.8) is 0 Å². The number of benzene rings is 1. The molecule has 0 spiro atoms. The molecule has 0 bridgehead atoms. The van der Waals surface area contributed by atoms with E-state index in [1.54, 1.807) is 0 Å². The van der Waals surface area contributed by atoms with E-state index in [0.29, 0.717) is 6.42 Å². The van der Waals surface area contributed by atoms with Gasteiger partial charge in [-0.3, -0.25) is 9.59 Å². The van der Waals surface area contributed by atoms with E-state index in [1.165, 1.54) is 14.0 Å². The third kappa shape index (κ3) is 5.19. The number of amides is 1. The van der Waals surface area contributed by atoms with Crippen LogP contribution in [0.15, 0.2) is 30.3 Å². The smallest absolute Gasteiger partial charge is 0.237 e. The summed E-state index contributed by atoms with van der Waals surface area (Å²) >= 11 is 0. The van der Waals surface area contributed by atoms with Gasteiger partial charge >= 0.3 is 0 Å². The topological polar surface area (TPSA) is 81.4 Å². The quantitative estimate of drug-likeness (QED) is 0.741. The van der Waals surface area contributed by atoms with E-state index in [0.717, 1.165) is 5.56 Å². The Bertz CT molecular complexity index is 420. The van der Waals surface area contributed by atoms with Crippen LogP contribution in [0.1, 0.15) is 12.5 Å². The predicted molar refractivity (Wildman–Crippen MR) is 72.6 cm³/mol. The van der Waals surface area contributed by atoms with Gasteiger partial charge in [0, 0.05) is 7.11 Å². The van der Waals surface area contributed by atoms with Crippen molar-refractivity contribution in [2.45, 2.75) is 25.4 Å². The SMILES string of the molecule is COCC(NC(=O)C(N)Cc1ccccc1)C(C)=O. The van der Waals surface area contributed by atoms with Crippen LogP contribution in [0.3, 0.4) is 0 Å². The van der Waals surface area contributed by atoms with Gasteiger partial charge in [-0.25, -0.2) is 0 Å². The molecule has 0 fully saturated rings. The second-order valence-corrected chi connectivity index (χ2v) is 4.42. The number of nitrogens with two attached hydrogens (primary N) is 1. The minimum atomic E-state index is -0.680. The van der Waals surface area contributed by atoms with Gasteiger partial charge in [0.05, 0.1) is 12.6 Å². The van der Waals surface area contributed by atoms with Crippen molar-refractivity contribution < 1.29 is 14.3 Å². The Morgan fingerprint density at radius 2 is 1.95 bits per heavy atom. The lowest BCUT2D eigenvalue weighted by Crippen LogP contribution is -2.50. The van der Waals surface area contributed by atoms with E-state index >= 15 is 0 Å². The fraction of sp³-hybridized carbons (Fsp3) is 0.429. The molecule has 1 amide bonds. The van der Waals surface area contributed by atoms with Gasteiger partial charge in [-0.2, -0.15) is 0 Å². The molecule has 1 aromatic carbocycles. The van der Waals surface area contributed by atoms with Gasteiger partial charge < -0.3 is 15.8 Å². The summed E-state index contributed by atoms with van der Waals surface area (Å²) in [6.45, 7) is 1.56. The van der Waals surface area contributed by atoms with E-state index < -0.39 is 12.1 Å². The van der Waals surface area contributed by atoms with Gasteiger partial charge in [-0.05, 0) is 18.9 Å². The first-order valence-corrected chi connectivity index (χ1v) is 6.14. The summed E-state index contributed by atoms with van der Waals surface area (Å²) in [6.07, 6.45) is 0.435. The van der Waals surface area contributed by atoms with Crippen LogP contribution in [0.2, 0.25) is 0 Å². The molecule has 2 atom stereocenters. The zero-order valence-electron chi connectivity index (χ0n) is 11.3. The van der Waals surface area contributed by atoms with E-state index in [9.17, 15) is 9.59 Å². The molecule has 0 saturated carbocycles. The Balaban J connectivity index is 2.54. The van der Waals surface area contributed by atoms with Crippen LogP contribution >= 0.6 is 0 Å². The number of methoxy groups -OCH3 is 1. The minimum absolute atomic E-state index is 0.151. The standard InChI is InChI=1S/C14H20N2O3/c1-10(17)13(9-19-2)16-14(18)12(15)8-11-6-4-3-5-7-11/h3-7,12-13H,8-9,15H2,1-2H3,(H,16,18). The molecule has 0 saturated heterocycles. The summed E-state index contributed by atoms with van der Waals surface area (Å²) in [7, 11) is 1.48. The molecule has 3 N–H and O–H groups in total. The Hall–Kier alpha value is -1.72. The molecule has 5 nitrogen and oxygen atoms in total. The largest absolute Gasteiger partial charge is 0.382 e. The molecule has 5 heteroatoms. The van der Waals surface area contributed by atoms with Gasteiger partial charge in [0.25, 0.3) is 0 Å². The van der Waals surface area contributed by atoms with Crippen LogP contribution in [0.25, 0.3) is 0 Å². The number of nitrogens with one attached hydrogen (secondary N) is 1. The van der Waals surface area contributed by atoms with Gasteiger partial charge in [0.2, 0.25) is 5.91 Å². The second kappa shape index (κ2) is 7.66. The molecule has 2 unspecified atom stereocenters. The third-order valence-electron chi connectivity index (χ3n) is 2.78. The molecule has 0 aliphatic rings. The minimum Gasteiger partial charge on any atom is -0.382 e. The third-order valence-corrected chi connectivity index (χ3v) is 2.78. The Morgan fingerprint density at radius 3 is 2.47 bits per heavy atom. The lowest BCUT2D eigenvalue weighted by molar-refractivity contribution is -0.128. The molecule has 0 radical (unpaired) electrons. The normalized spacial score (nSPS) is 13.6. The van der Waals surface area contributed by atoms with Crippen molar-refractivity contribution in [2.75, 3.05) is 13.7 Å². The van der Waals surface area contributed by atoms with Crippen molar-refractivity contribution in [3.05, 3.63) is 35.9 Å². The first kappa shape index (κ1) is 15.3. The highest BCUT2D eigenvalue weighted by atomic mass is 16.5. The molecule has 0 heterocycles. The van der Waals surface area contributed by atoms with Crippen molar-refractivity contribution >= 4 is 11.7 Å². The van der Waals surface area contributed by atoms with Gasteiger partial charge in [-0.15, -0.1) is 0 Å². The fourth-order valence-electron chi connectivity index (χ4n) is 1.67. The Kier molecular flexibility index (Phi) is 6.18. The number of rotatable bonds is 7. The van der Waals surface area contributed by atoms with Crippen LogP contribution in [0.4, 0.5) is 0 Å². The first-order chi connectivity index (χ1) is 9.04. The monoisotopic (exact) mass is 264 g/mol. The maximum absolute atomic E-state index is 11.9. The van der Waals surface area contributed by atoms with E-state index in [4.69, 9.17) is 10.5 Å². The van der Waals surface area contributed by atoms with Crippen LogP contribution in [0, 0.1) is 0 Å². The summed E-state index contributed by atoms with van der Waals surface area (Å²) in [5.41, 5.74) is 6.81. The van der Waals surface area contributed by atoms with Gasteiger partial charge in [0.15, 0.2) is 5.78 Å². The zero-order chi connectivity index (χ0) is 14.3. The number of carbonyl (C=O) groups is 2. The molecular weight excluding hydrogens is 244 g/mol. The van der Waals surface area contributed by atoms with E-state index in [1.807, 2.05) is 30.3 Å². The predicted octanol–water partition coefficient (Wildman–Crippen LogP) is 0.277. The highest BCUT2D eigenvalue weighted by Gasteiger charge is 2.21. The highest BCUT2D eigenvalue weighted by Crippen LogP contribution is 2.02. The maximum atomic E-state index is 11.9. The highest BCUT2D eigenvalue weighted by molar-refractivity contribution is 5.89. The van der Waals surface area contributed by atoms with E-state index in [2.05, 4.69) is 5.32 Å². The average molecular weight is 264 g/mol. The first-order valence-electron chi connectivity index (χ1n) is 6.14. The summed E-state index contributed by atoms with van der Waals surface area (Å²) in [5, 5.41) is 2.60. The maximum Gasteiger partial charge on any atom is 0.237 e. The number of hydrogen-bond donors (Lipinski definition) is 2. The average Bonchev–Trinajstić information content (AvgIpc) is 2.39. The number of ketones is 1. The molecule has 104 valence electrons. The summed E-state index contributed by atoms with van der Waals surface area (Å²) in [6, 6.07) is 8.18. The van der Waals surface area contributed by atoms with Gasteiger partial charge in [0.1, 0.15) is 6.04 Å². The van der Waals surface area contributed by atoms with Gasteiger partial charge in [-0.1, -0.05) is 30.3 Å². The number of hydrogen-bond acceptors (Lipinski definition) is 4. The fourth-order valence-corrected chi connectivity index (χ4v) is 1.67. The zero-order valence-corrected chi connectivity index (χ0v) is 11.3. The number of ether oxygens (including phenoxy) is 1. The number of carbonyl (C=O) groups excluding carboxylic acids is 2. The van der Waals surface area contributed by atoms with Crippen LogP contribution in [-0.4, -0.2) is 37.5 Å². The molecule has 1 aromatic rings. The van der Waals surface area contributed by atoms with Crippen molar-refractivity contribution in [1.29, 1.82) is 0 Å². The summed E-state index contributed by atoms with van der Waals surface area (Å²) < 4.78 is 4.89. The molecule has 1 rings (SSSR count). The molecule has 0 aromatic heterocycles. The lowest BCUT2D eigenvalue weighted by atomic mass is 10.1. The van der Waals surface area contributed by atoms with E-state index in [-0.39, 0.29) is 18.3 Å². The van der Waals surface area contributed by atoms with Crippen LogP contribution < -0.4 is 11.1 Å². The van der Waals surface area contributed by atoms with Crippen LogP contribution in [0.5, 0.6) is 0 Å². The lowest BCUT2D eigenvalue weighted by Gasteiger charge is -2.18. The summed E-state index contributed by atoms with van der Waals surface area (Å²) in [5.74, 6) is -0.497. The van der Waals surface area contributed by atoms with Crippen LogP contribution in [-0.2, 0) is 20.7 Å². The summed E-state index contributed by atoms with van der Waals surface area (Å²) in [4.78, 5) is 23.2. The molecule has 19 heavy (non-hydrogen) atoms. The molecule has 0 aliphatic heterocycles. The van der Waals surface area contributed by atoms with Crippen molar-refractivity contribution in [2.24, 2.45) is 5.73 Å². The molecule has 0 aliphatic carbocycles. The Labute approximate surface area is 113 Å². The van der Waals surface area contributed by atoms with Crippen molar-refractivity contribution in [1.82, 2.24) is 5.32 Å².